The van der Waals surface area contributed by atoms with Crippen molar-refractivity contribution in [1.29, 1.82) is 0 Å². The van der Waals surface area contributed by atoms with Gasteiger partial charge in [-0.25, -0.2) is 0 Å². The van der Waals surface area contributed by atoms with Crippen molar-refractivity contribution < 1.29 is 9.47 Å². The highest BCUT2D eigenvalue weighted by molar-refractivity contribution is 9.10. The highest BCUT2D eigenvalue weighted by Gasteiger charge is 2.11. The maximum Gasteiger partial charge on any atom is 0.162 e. The van der Waals surface area contributed by atoms with Gasteiger partial charge in [0.05, 0.1) is 6.61 Å². The highest BCUT2D eigenvalue weighted by atomic mass is 79.9. The fraction of sp³-hybridized carbons (Fsp3) is 0.478. The smallest absolute Gasteiger partial charge is 0.162 e. The minimum Gasteiger partial charge on any atom is -0.490 e. The molecule has 0 saturated carbocycles. The minimum atomic E-state index is 0.531. The van der Waals surface area contributed by atoms with Gasteiger partial charge in [-0.05, 0) is 50.1 Å². The SMILES string of the molecule is CCCCCCNCc1cc(OCC)c(OCc2cccc(C)c2)cc1Br. The van der Waals surface area contributed by atoms with Gasteiger partial charge in [0.2, 0.25) is 0 Å². The first kappa shape index (κ1) is 21.8. The van der Waals surface area contributed by atoms with Crippen LogP contribution in [0.4, 0.5) is 0 Å². The van der Waals surface area contributed by atoms with Crippen molar-refractivity contribution in [2.45, 2.75) is 59.6 Å². The summed E-state index contributed by atoms with van der Waals surface area (Å²) in [5.74, 6) is 1.58. The largest absolute Gasteiger partial charge is 0.490 e. The van der Waals surface area contributed by atoms with Gasteiger partial charge < -0.3 is 14.8 Å². The Balaban J connectivity index is 1.99. The fourth-order valence-corrected chi connectivity index (χ4v) is 3.42. The molecule has 0 radical (unpaired) electrons. The fourth-order valence-electron chi connectivity index (χ4n) is 2.96. The zero-order valence-electron chi connectivity index (χ0n) is 16.8. The topological polar surface area (TPSA) is 30.5 Å². The summed E-state index contributed by atoms with van der Waals surface area (Å²) in [5, 5.41) is 3.53. The van der Waals surface area contributed by atoms with E-state index in [4.69, 9.17) is 9.47 Å². The van der Waals surface area contributed by atoms with Gasteiger partial charge in [0.25, 0.3) is 0 Å². The lowest BCUT2D eigenvalue weighted by Crippen LogP contribution is -2.15. The van der Waals surface area contributed by atoms with E-state index in [1.165, 1.54) is 36.8 Å². The van der Waals surface area contributed by atoms with Crippen LogP contribution in [0.3, 0.4) is 0 Å². The Kier molecular flexibility index (Phi) is 9.71. The third-order valence-electron chi connectivity index (χ3n) is 4.41. The lowest BCUT2D eigenvalue weighted by atomic mass is 10.1. The normalized spacial score (nSPS) is 10.8. The number of hydrogen-bond donors (Lipinski definition) is 1. The van der Waals surface area contributed by atoms with Crippen LogP contribution in [-0.4, -0.2) is 13.2 Å². The van der Waals surface area contributed by atoms with E-state index in [9.17, 15) is 0 Å². The molecule has 0 aromatic heterocycles. The van der Waals surface area contributed by atoms with Gasteiger partial charge in [0, 0.05) is 11.0 Å². The molecule has 0 heterocycles. The van der Waals surface area contributed by atoms with Gasteiger partial charge in [-0.2, -0.15) is 0 Å². The third-order valence-corrected chi connectivity index (χ3v) is 5.15. The first-order chi connectivity index (χ1) is 13.1. The molecule has 2 aromatic carbocycles. The number of unbranched alkanes of at least 4 members (excludes halogenated alkanes) is 3. The molecule has 0 bridgehead atoms. The number of halogens is 1. The molecule has 0 unspecified atom stereocenters. The lowest BCUT2D eigenvalue weighted by Gasteiger charge is -2.16. The van der Waals surface area contributed by atoms with Gasteiger partial charge >= 0.3 is 0 Å². The molecule has 148 valence electrons. The van der Waals surface area contributed by atoms with Crippen LogP contribution < -0.4 is 14.8 Å². The van der Waals surface area contributed by atoms with Gasteiger partial charge in [-0.3, -0.25) is 0 Å². The molecule has 0 aliphatic rings. The van der Waals surface area contributed by atoms with Gasteiger partial charge in [-0.1, -0.05) is 71.9 Å². The molecular weight excluding hydrogens is 402 g/mol. The molecule has 3 nitrogen and oxygen atoms in total. The summed E-state index contributed by atoms with van der Waals surface area (Å²) in [7, 11) is 0. The summed E-state index contributed by atoms with van der Waals surface area (Å²) in [5.41, 5.74) is 3.59. The Labute approximate surface area is 172 Å². The number of hydrogen-bond acceptors (Lipinski definition) is 3. The Morgan fingerprint density at radius 3 is 2.52 bits per heavy atom. The quantitative estimate of drug-likeness (QED) is 0.392. The van der Waals surface area contributed by atoms with Gasteiger partial charge in [0.1, 0.15) is 6.61 Å². The number of aryl methyl sites for hydroxylation is 1. The predicted molar refractivity (Wildman–Crippen MR) is 117 cm³/mol. The third kappa shape index (κ3) is 7.55. The van der Waals surface area contributed by atoms with Crippen LogP contribution in [0.5, 0.6) is 11.5 Å². The van der Waals surface area contributed by atoms with E-state index in [1.54, 1.807) is 0 Å². The molecule has 0 spiro atoms. The van der Waals surface area contributed by atoms with E-state index < -0.39 is 0 Å². The Morgan fingerprint density at radius 2 is 1.78 bits per heavy atom. The number of ether oxygens (including phenoxy) is 2. The second-order valence-corrected chi connectivity index (χ2v) is 7.69. The van der Waals surface area contributed by atoms with Crippen molar-refractivity contribution in [2.75, 3.05) is 13.2 Å². The summed E-state index contributed by atoms with van der Waals surface area (Å²) >= 11 is 3.69. The average Bonchev–Trinajstić information content (AvgIpc) is 2.65. The van der Waals surface area contributed by atoms with Crippen LogP contribution in [0.2, 0.25) is 0 Å². The van der Waals surface area contributed by atoms with E-state index in [-0.39, 0.29) is 0 Å². The van der Waals surface area contributed by atoms with E-state index in [0.717, 1.165) is 34.6 Å². The molecule has 0 amide bonds. The van der Waals surface area contributed by atoms with Crippen molar-refractivity contribution in [2.24, 2.45) is 0 Å². The second kappa shape index (κ2) is 12.0. The van der Waals surface area contributed by atoms with E-state index in [1.807, 2.05) is 13.0 Å². The minimum absolute atomic E-state index is 0.531. The molecular formula is C23H32BrNO2. The Hall–Kier alpha value is -1.52. The number of nitrogens with one attached hydrogen (secondary N) is 1. The molecule has 1 N–H and O–H groups in total. The molecule has 0 aliphatic heterocycles. The molecule has 0 atom stereocenters. The van der Waals surface area contributed by atoms with E-state index in [0.29, 0.717) is 13.2 Å². The lowest BCUT2D eigenvalue weighted by molar-refractivity contribution is 0.268. The van der Waals surface area contributed by atoms with Crippen molar-refractivity contribution in [3.05, 3.63) is 57.6 Å². The molecule has 0 aliphatic carbocycles. The van der Waals surface area contributed by atoms with Crippen molar-refractivity contribution in [1.82, 2.24) is 5.32 Å². The summed E-state index contributed by atoms with van der Waals surface area (Å²) in [4.78, 5) is 0. The van der Waals surface area contributed by atoms with Crippen molar-refractivity contribution in [3.63, 3.8) is 0 Å². The standard InChI is InChI=1S/C23H32BrNO2/c1-4-6-7-8-12-25-16-20-14-22(26-5-2)23(15-21(20)24)27-17-19-11-9-10-18(3)13-19/h9-11,13-15,25H,4-8,12,16-17H2,1-3H3. The zero-order chi connectivity index (χ0) is 19.5. The summed E-state index contributed by atoms with van der Waals surface area (Å²) in [6.07, 6.45) is 5.10. The van der Waals surface area contributed by atoms with Crippen LogP contribution in [0, 0.1) is 6.92 Å². The van der Waals surface area contributed by atoms with Crippen molar-refractivity contribution >= 4 is 15.9 Å². The Bertz CT molecular complexity index is 703. The van der Waals surface area contributed by atoms with Crippen LogP contribution in [0.25, 0.3) is 0 Å². The maximum absolute atomic E-state index is 6.06. The molecule has 0 saturated heterocycles. The van der Waals surface area contributed by atoms with Gasteiger partial charge in [-0.15, -0.1) is 0 Å². The number of rotatable bonds is 12. The highest BCUT2D eigenvalue weighted by Crippen LogP contribution is 2.34. The van der Waals surface area contributed by atoms with Crippen LogP contribution in [0.1, 0.15) is 56.2 Å². The first-order valence-corrected chi connectivity index (χ1v) is 10.8. The Morgan fingerprint density at radius 1 is 0.963 bits per heavy atom. The van der Waals surface area contributed by atoms with Crippen LogP contribution in [0.15, 0.2) is 40.9 Å². The van der Waals surface area contributed by atoms with E-state index in [2.05, 4.69) is 65.4 Å². The van der Waals surface area contributed by atoms with Crippen LogP contribution >= 0.6 is 15.9 Å². The first-order valence-electron chi connectivity index (χ1n) is 9.98. The molecule has 27 heavy (non-hydrogen) atoms. The molecule has 2 aromatic rings. The summed E-state index contributed by atoms with van der Waals surface area (Å²) < 4.78 is 12.9. The van der Waals surface area contributed by atoms with Crippen LogP contribution in [-0.2, 0) is 13.2 Å². The molecule has 0 fully saturated rings. The summed E-state index contributed by atoms with van der Waals surface area (Å²) in [6.45, 7) is 9.35. The van der Waals surface area contributed by atoms with E-state index >= 15 is 0 Å². The van der Waals surface area contributed by atoms with Crippen molar-refractivity contribution in [3.8, 4) is 11.5 Å². The monoisotopic (exact) mass is 433 g/mol. The van der Waals surface area contributed by atoms with Gasteiger partial charge in [0.15, 0.2) is 11.5 Å². The number of benzene rings is 2. The average molecular weight is 434 g/mol. The maximum atomic E-state index is 6.06. The molecule has 4 heteroatoms. The predicted octanol–water partition coefficient (Wildman–Crippen LogP) is 6.41. The zero-order valence-corrected chi connectivity index (χ0v) is 18.4. The molecule has 2 rings (SSSR count). The summed E-state index contributed by atoms with van der Waals surface area (Å²) in [6, 6.07) is 12.5. The second-order valence-electron chi connectivity index (χ2n) is 6.84.